The van der Waals surface area contributed by atoms with Gasteiger partial charge in [-0.3, -0.25) is 9.59 Å². The number of aromatic amines is 1. The molecule has 6 heteroatoms. The molecule has 6 nitrogen and oxygen atoms in total. The van der Waals surface area contributed by atoms with Crippen molar-refractivity contribution < 1.29 is 14.3 Å². The van der Waals surface area contributed by atoms with Crippen LogP contribution in [0.3, 0.4) is 0 Å². The molecule has 2 aromatic carbocycles. The zero-order chi connectivity index (χ0) is 20.1. The van der Waals surface area contributed by atoms with Crippen LogP contribution in [-0.2, 0) is 16.0 Å². The van der Waals surface area contributed by atoms with E-state index in [0.29, 0.717) is 24.4 Å². The van der Waals surface area contributed by atoms with Crippen LogP contribution in [0.2, 0.25) is 0 Å². The van der Waals surface area contributed by atoms with Gasteiger partial charge in [-0.05, 0) is 56.2 Å². The number of hydrogen-bond acceptors (Lipinski definition) is 3. The van der Waals surface area contributed by atoms with Gasteiger partial charge in [0, 0.05) is 29.3 Å². The van der Waals surface area contributed by atoms with Gasteiger partial charge in [0.25, 0.3) is 0 Å². The number of carbonyl (C=O) groups is 2. The lowest BCUT2D eigenvalue weighted by Crippen LogP contribution is -2.45. The molecule has 0 radical (unpaired) electrons. The van der Waals surface area contributed by atoms with Crippen LogP contribution in [0.25, 0.3) is 10.9 Å². The largest absolute Gasteiger partial charge is 0.497 e. The van der Waals surface area contributed by atoms with Crippen molar-refractivity contribution in [2.75, 3.05) is 19.0 Å². The second-order valence-corrected chi connectivity index (χ2v) is 7.17. The zero-order valence-corrected chi connectivity index (χ0v) is 16.3. The molecule has 2 amide bonds. The maximum Gasteiger partial charge on any atom is 0.239 e. The lowest BCUT2D eigenvalue weighted by molar-refractivity contribution is -0.138. The molecule has 0 bridgehead atoms. The Kier molecular flexibility index (Phi) is 5.68. The highest BCUT2D eigenvalue weighted by molar-refractivity contribution is 6.09. The van der Waals surface area contributed by atoms with Gasteiger partial charge in [0.1, 0.15) is 11.2 Å². The highest BCUT2D eigenvalue weighted by Crippen LogP contribution is 2.21. The first-order chi connectivity index (χ1) is 13.4. The molecule has 0 saturated carbocycles. The molecule has 0 fully saturated rings. The van der Waals surface area contributed by atoms with Crippen molar-refractivity contribution in [1.82, 2.24) is 10.3 Å². The van der Waals surface area contributed by atoms with E-state index in [-0.39, 0.29) is 11.8 Å². The van der Waals surface area contributed by atoms with Crippen molar-refractivity contribution in [3.8, 4) is 5.75 Å². The van der Waals surface area contributed by atoms with Crippen molar-refractivity contribution in [1.29, 1.82) is 0 Å². The van der Waals surface area contributed by atoms with Crippen molar-refractivity contribution in [3.63, 3.8) is 0 Å². The van der Waals surface area contributed by atoms with Gasteiger partial charge in [0.05, 0.1) is 7.11 Å². The minimum Gasteiger partial charge on any atom is -0.497 e. The summed E-state index contributed by atoms with van der Waals surface area (Å²) in [5.41, 5.74) is 1.63. The van der Waals surface area contributed by atoms with Gasteiger partial charge in [-0.15, -0.1) is 0 Å². The fourth-order valence-electron chi connectivity index (χ4n) is 2.93. The summed E-state index contributed by atoms with van der Waals surface area (Å²) >= 11 is 0. The van der Waals surface area contributed by atoms with E-state index in [0.717, 1.165) is 16.5 Å². The molecule has 0 atom stereocenters. The van der Waals surface area contributed by atoms with E-state index in [2.05, 4.69) is 21.7 Å². The van der Waals surface area contributed by atoms with Crippen LogP contribution in [0.1, 0.15) is 19.4 Å². The maximum atomic E-state index is 12.6. The van der Waals surface area contributed by atoms with E-state index >= 15 is 0 Å². The maximum absolute atomic E-state index is 12.6. The van der Waals surface area contributed by atoms with Crippen LogP contribution in [0.5, 0.6) is 5.75 Å². The number of fused-ring (bicyclic) bond motifs is 1. The van der Waals surface area contributed by atoms with Crippen LogP contribution >= 0.6 is 0 Å². The number of para-hydroxylation sites is 1. The number of hydrogen-bond donors (Lipinski definition) is 3. The Morgan fingerprint density at radius 2 is 1.75 bits per heavy atom. The predicted molar refractivity (Wildman–Crippen MR) is 110 cm³/mol. The number of carbonyl (C=O) groups excluding carboxylic acids is 2. The number of H-pyrrole nitrogens is 1. The molecule has 0 unspecified atom stereocenters. The summed E-state index contributed by atoms with van der Waals surface area (Å²) < 4.78 is 5.10. The predicted octanol–water partition coefficient (Wildman–Crippen LogP) is 3.50. The van der Waals surface area contributed by atoms with Crippen LogP contribution in [0.4, 0.5) is 5.69 Å². The van der Waals surface area contributed by atoms with Crippen molar-refractivity contribution >= 4 is 28.4 Å². The van der Waals surface area contributed by atoms with E-state index in [1.165, 1.54) is 0 Å². The van der Waals surface area contributed by atoms with Gasteiger partial charge in [-0.2, -0.15) is 0 Å². The molecular formula is C22H25N3O3. The van der Waals surface area contributed by atoms with E-state index in [4.69, 9.17) is 4.74 Å². The Hall–Kier alpha value is -3.28. The van der Waals surface area contributed by atoms with Gasteiger partial charge in [-0.1, -0.05) is 18.2 Å². The molecule has 28 heavy (non-hydrogen) atoms. The topological polar surface area (TPSA) is 83.2 Å². The summed E-state index contributed by atoms with van der Waals surface area (Å²) in [6.45, 7) is 3.69. The average Bonchev–Trinajstić information content (AvgIpc) is 3.11. The molecule has 0 saturated heterocycles. The Morgan fingerprint density at radius 3 is 2.46 bits per heavy atom. The highest BCUT2D eigenvalue weighted by atomic mass is 16.5. The minimum absolute atomic E-state index is 0.307. The normalized spacial score (nSPS) is 11.2. The molecule has 3 rings (SSSR count). The Balaban J connectivity index is 1.56. The minimum atomic E-state index is -1.19. The molecule has 1 heterocycles. The number of amides is 2. The average molecular weight is 379 g/mol. The number of ether oxygens (including phenoxy) is 1. The number of rotatable bonds is 7. The van der Waals surface area contributed by atoms with Gasteiger partial charge >= 0.3 is 0 Å². The number of aromatic nitrogens is 1. The number of anilines is 1. The second kappa shape index (κ2) is 8.17. The van der Waals surface area contributed by atoms with E-state index < -0.39 is 5.41 Å². The van der Waals surface area contributed by atoms with Crippen LogP contribution in [0.15, 0.2) is 54.7 Å². The molecular weight excluding hydrogens is 354 g/mol. The van der Waals surface area contributed by atoms with Crippen molar-refractivity contribution in [2.45, 2.75) is 20.3 Å². The van der Waals surface area contributed by atoms with Crippen LogP contribution < -0.4 is 15.4 Å². The molecule has 0 aliphatic carbocycles. The second-order valence-electron chi connectivity index (χ2n) is 7.17. The SMILES string of the molecule is COc1ccc(NC(=O)C(C)(C)C(=O)NCCc2c[nH]c3ccccc23)cc1. The fourth-order valence-corrected chi connectivity index (χ4v) is 2.93. The van der Waals surface area contributed by atoms with E-state index in [9.17, 15) is 9.59 Å². The Morgan fingerprint density at radius 1 is 1.04 bits per heavy atom. The Bertz CT molecular complexity index is 974. The van der Waals surface area contributed by atoms with Gasteiger partial charge in [0.15, 0.2) is 0 Å². The molecule has 146 valence electrons. The highest BCUT2D eigenvalue weighted by Gasteiger charge is 2.35. The quantitative estimate of drug-likeness (QED) is 0.550. The van der Waals surface area contributed by atoms with E-state index in [1.807, 2.05) is 24.4 Å². The lowest BCUT2D eigenvalue weighted by atomic mass is 9.91. The molecule has 0 aliphatic heterocycles. The third kappa shape index (κ3) is 4.17. The fraction of sp³-hybridized carbons (Fsp3) is 0.273. The summed E-state index contributed by atoms with van der Waals surface area (Å²) in [6, 6.07) is 15.0. The first-order valence-corrected chi connectivity index (χ1v) is 9.20. The van der Waals surface area contributed by atoms with Crippen LogP contribution in [0, 0.1) is 5.41 Å². The molecule has 1 aromatic heterocycles. The Labute approximate surface area is 164 Å². The van der Waals surface area contributed by atoms with Crippen LogP contribution in [-0.4, -0.2) is 30.5 Å². The summed E-state index contributed by atoms with van der Waals surface area (Å²) in [4.78, 5) is 28.4. The first kappa shape index (κ1) is 19.5. The molecule has 0 spiro atoms. The summed E-state index contributed by atoms with van der Waals surface area (Å²) in [7, 11) is 1.58. The third-order valence-electron chi connectivity index (χ3n) is 4.84. The zero-order valence-electron chi connectivity index (χ0n) is 16.3. The van der Waals surface area contributed by atoms with Gasteiger partial charge in [0.2, 0.25) is 11.8 Å². The van der Waals surface area contributed by atoms with Gasteiger partial charge in [-0.25, -0.2) is 0 Å². The standard InChI is InChI=1S/C22H25N3O3/c1-22(2,21(27)25-16-8-10-17(28-3)11-9-16)20(26)23-13-12-15-14-24-19-7-5-4-6-18(15)19/h4-11,14,24H,12-13H2,1-3H3,(H,23,26)(H,25,27). The monoisotopic (exact) mass is 379 g/mol. The molecule has 0 aliphatic rings. The molecule has 3 N–H and O–H groups in total. The molecule has 3 aromatic rings. The lowest BCUT2D eigenvalue weighted by Gasteiger charge is -2.22. The summed E-state index contributed by atoms with van der Waals surface area (Å²) in [5, 5.41) is 6.81. The number of nitrogens with one attached hydrogen (secondary N) is 3. The third-order valence-corrected chi connectivity index (χ3v) is 4.84. The summed E-state index contributed by atoms with van der Waals surface area (Å²) in [6.07, 6.45) is 2.64. The number of benzene rings is 2. The number of methoxy groups -OCH3 is 1. The first-order valence-electron chi connectivity index (χ1n) is 9.20. The smallest absolute Gasteiger partial charge is 0.239 e. The van der Waals surface area contributed by atoms with Gasteiger partial charge < -0.3 is 20.4 Å². The summed E-state index contributed by atoms with van der Waals surface area (Å²) in [5.74, 6) is 0.0351. The van der Waals surface area contributed by atoms with E-state index in [1.54, 1.807) is 45.2 Å². The van der Waals surface area contributed by atoms with Crippen molar-refractivity contribution in [2.24, 2.45) is 5.41 Å². The van der Waals surface area contributed by atoms with Crippen molar-refractivity contribution in [3.05, 3.63) is 60.3 Å².